The molecule has 3 atom stereocenters. The standard InChI is InChI=1S/C18H23ClN2O.ClH/c1-3-21-18(20,15-7-5-4-6-8-15)17(22)13(2)14-9-11-16(19)12-10-14;/h4-13,17,21-22H,3,20H2,1-2H3;1H. The van der Waals surface area contributed by atoms with Gasteiger partial charge in [-0.15, -0.1) is 12.4 Å². The van der Waals surface area contributed by atoms with Gasteiger partial charge in [0.15, 0.2) is 0 Å². The highest BCUT2D eigenvalue weighted by Crippen LogP contribution is 2.30. The van der Waals surface area contributed by atoms with Crippen molar-refractivity contribution in [2.45, 2.75) is 31.5 Å². The Hall–Kier alpha value is -1.10. The Kier molecular flexibility index (Phi) is 7.52. The summed E-state index contributed by atoms with van der Waals surface area (Å²) in [7, 11) is 0. The number of likely N-dealkylation sites (N-methyl/N-ethyl adjacent to an activating group) is 1. The zero-order valence-electron chi connectivity index (χ0n) is 13.4. The monoisotopic (exact) mass is 354 g/mol. The van der Waals surface area contributed by atoms with Crippen molar-refractivity contribution in [3.8, 4) is 0 Å². The van der Waals surface area contributed by atoms with E-state index in [1.807, 2.05) is 68.4 Å². The van der Waals surface area contributed by atoms with Crippen molar-refractivity contribution in [1.29, 1.82) is 0 Å². The molecule has 0 amide bonds. The van der Waals surface area contributed by atoms with Crippen LogP contribution in [0.15, 0.2) is 54.6 Å². The third-order valence-corrected chi connectivity index (χ3v) is 4.31. The number of rotatable bonds is 6. The van der Waals surface area contributed by atoms with E-state index >= 15 is 0 Å². The number of hydrogen-bond donors (Lipinski definition) is 3. The number of nitrogens with one attached hydrogen (secondary N) is 1. The van der Waals surface area contributed by atoms with Crippen molar-refractivity contribution >= 4 is 24.0 Å². The molecule has 2 aromatic carbocycles. The minimum atomic E-state index is -1.00. The smallest absolute Gasteiger partial charge is 0.120 e. The van der Waals surface area contributed by atoms with E-state index in [1.54, 1.807) is 0 Å². The van der Waals surface area contributed by atoms with Gasteiger partial charge >= 0.3 is 0 Å². The molecule has 2 aromatic rings. The van der Waals surface area contributed by atoms with Gasteiger partial charge in [0, 0.05) is 10.9 Å². The maximum atomic E-state index is 10.9. The number of benzene rings is 2. The van der Waals surface area contributed by atoms with Crippen LogP contribution in [0, 0.1) is 0 Å². The van der Waals surface area contributed by atoms with Crippen LogP contribution in [0.1, 0.15) is 30.9 Å². The van der Waals surface area contributed by atoms with Crippen molar-refractivity contribution in [3.05, 3.63) is 70.7 Å². The zero-order chi connectivity index (χ0) is 16.2. The second-order valence-corrected chi connectivity index (χ2v) is 5.99. The molecular weight excluding hydrogens is 331 g/mol. The van der Waals surface area contributed by atoms with Gasteiger partial charge in [-0.05, 0) is 29.8 Å². The summed E-state index contributed by atoms with van der Waals surface area (Å²) in [4.78, 5) is 0. The summed E-state index contributed by atoms with van der Waals surface area (Å²) in [5, 5.41) is 14.8. The molecule has 3 unspecified atom stereocenters. The van der Waals surface area contributed by atoms with Gasteiger partial charge < -0.3 is 10.8 Å². The second kappa shape index (κ2) is 8.67. The lowest BCUT2D eigenvalue weighted by molar-refractivity contribution is 0.0423. The van der Waals surface area contributed by atoms with E-state index in [0.29, 0.717) is 11.6 Å². The van der Waals surface area contributed by atoms with E-state index in [-0.39, 0.29) is 18.3 Å². The Balaban J connectivity index is 0.00000264. The molecule has 126 valence electrons. The predicted octanol–water partition coefficient (Wildman–Crippen LogP) is 3.65. The summed E-state index contributed by atoms with van der Waals surface area (Å²) in [6, 6.07) is 17.1. The fourth-order valence-corrected chi connectivity index (χ4v) is 2.85. The Morgan fingerprint density at radius 3 is 2.22 bits per heavy atom. The van der Waals surface area contributed by atoms with Gasteiger partial charge in [-0.3, -0.25) is 5.32 Å². The lowest BCUT2D eigenvalue weighted by Gasteiger charge is -2.38. The molecule has 23 heavy (non-hydrogen) atoms. The van der Waals surface area contributed by atoms with Crippen LogP contribution in [-0.4, -0.2) is 17.8 Å². The maximum Gasteiger partial charge on any atom is 0.120 e. The molecule has 0 heterocycles. The Morgan fingerprint density at radius 1 is 1.13 bits per heavy atom. The van der Waals surface area contributed by atoms with Crippen LogP contribution in [-0.2, 0) is 5.66 Å². The SMILES string of the molecule is CCNC(N)(c1ccccc1)C(O)C(C)c1ccc(Cl)cc1.Cl. The van der Waals surface area contributed by atoms with Crippen LogP contribution in [0.2, 0.25) is 5.02 Å². The fourth-order valence-electron chi connectivity index (χ4n) is 2.73. The number of aliphatic hydroxyl groups excluding tert-OH is 1. The van der Waals surface area contributed by atoms with Gasteiger partial charge in [0.25, 0.3) is 0 Å². The first kappa shape index (κ1) is 19.9. The number of nitrogens with two attached hydrogens (primary N) is 1. The van der Waals surface area contributed by atoms with Crippen LogP contribution in [0.5, 0.6) is 0 Å². The van der Waals surface area contributed by atoms with Crippen molar-refractivity contribution in [2.24, 2.45) is 5.73 Å². The molecule has 0 bridgehead atoms. The number of aliphatic hydroxyl groups is 1. The highest BCUT2D eigenvalue weighted by Gasteiger charge is 2.38. The van der Waals surface area contributed by atoms with Crippen LogP contribution in [0.25, 0.3) is 0 Å². The Bertz CT molecular complexity index is 592. The second-order valence-electron chi connectivity index (χ2n) is 5.55. The van der Waals surface area contributed by atoms with Crippen LogP contribution in [0.4, 0.5) is 0 Å². The van der Waals surface area contributed by atoms with E-state index < -0.39 is 11.8 Å². The molecule has 5 heteroatoms. The molecule has 4 N–H and O–H groups in total. The quantitative estimate of drug-likeness (QED) is 0.694. The largest absolute Gasteiger partial charge is 0.389 e. The molecule has 0 aromatic heterocycles. The Morgan fingerprint density at radius 2 is 1.70 bits per heavy atom. The molecule has 0 spiro atoms. The van der Waals surface area contributed by atoms with Gasteiger partial charge in [0.05, 0.1) is 6.10 Å². The first-order valence-corrected chi connectivity index (χ1v) is 7.89. The summed E-state index contributed by atoms with van der Waals surface area (Å²) in [5.41, 5.74) is 7.42. The summed E-state index contributed by atoms with van der Waals surface area (Å²) < 4.78 is 0. The average Bonchev–Trinajstić information content (AvgIpc) is 2.55. The van der Waals surface area contributed by atoms with E-state index in [1.165, 1.54) is 0 Å². The topological polar surface area (TPSA) is 58.3 Å². The van der Waals surface area contributed by atoms with Gasteiger partial charge in [0.2, 0.25) is 0 Å². The Labute approximate surface area is 149 Å². The first-order chi connectivity index (χ1) is 10.5. The van der Waals surface area contributed by atoms with Crippen molar-refractivity contribution in [3.63, 3.8) is 0 Å². The molecule has 3 nitrogen and oxygen atoms in total. The third-order valence-electron chi connectivity index (χ3n) is 4.06. The maximum absolute atomic E-state index is 10.9. The molecule has 0 radical (unpaired) electrons. The molecule has 0 saturated carbocycles. The summed E-state index contributed by atoms with van der Waals surface area (Å²) in [6.45, 7) is 4.61. The van der Waals surface area contributed by atoms with Crippen molar-refractivity contribution in [2.75, 3.05) is 6.54 Å². The van der Waals surface area contributed by atoms with Crippen molar-refractivity contribution < 1.29 is 5.11 Å². The molecule has 0 aliphatic heterocycles. The summed E-state index contributed by atoms with van der Waals surface area (Å²) >= 11 is 5.93. The lowest BCUT2D eigenvalue weighted by Crippen LogP contribution is -2.60. The van der Waals surface area contributed by atoms with Gasteiger partial charge in [-0.25, -0.2) is 0 Å². The van der Waals surface area contributed by atoms with Gasteiger partial charge in [-0.1, -0.05) is 67.9 Å². The molecule has 0 aliphatic rings. The summed E-state index contributed by atoms with van der Waals surface area (Å²) in [5.74, 6) is -0.137. The van der Waals surface area contributed by atoms with Crippen LogP contribution in [0.3, 0.4) is 0 Å². The van der Waals surface area contributed by atoms with Crippen LogP contribution >= 0.6 is 24.0 Å². The number of hydrogen-bond acceptors (Lipinski definition) is 3. The van der Waals surface area contributed by atoms with Gasteiger partial charge in [0.1, 0.15) is 5.66 Å². The predicted molar refractivity (Wildman–Crippen MR) is 99.1 cm³/mol. The van der Waals surface area contributed by atoms with E-state index in [9.17, 15) is 5.11 Å². The number of halogens is 2. The van der Waals surface area contributed by atoms with Crippen LogP contribution < -0.4 is 11.1 Å². The van der Waals surface area contributed by atoms with E-state index in [4.69, 9.17) is 17.3 Å². The molecule has 0 fully saturated rings. The molecule has 0 saturated heterocycles. The normalized spacial score (nSPS) is 16.0. The highest BCUT2D eigenvalue weighted by molar-refractivity contribution is 6.30. The molecule has 0 aliphatic carbocycles. The lowest BCUT2D eigenvalue weighted by atomic mass is 9.83. The van der Waals surface area contributed by atoms with E-state index in [0.717, 1.165) is 11.1 Å². The highest BCUT2D eigenvalue weighted by atomic mass is 35.5. The zero-order valence-corrected chi connectivity index (χ0v) is 14.9. The van der Waals surface area contributed by atoms with Crippen molar-refractivity contribution in [1.82, 2.24) is 5.32 Å². The molecule has 2 rings (SSSR count). The molecular formula is C18H24Cl2N2O. The third kappa shape index (κ3) is 4.46. The minimum Gasteiger partial charge on any atom is -0.389 e. The minimum absolute atomic E-state index is 0. The average molecular weight is 355 g/mol. The fraction of sp³-hybridized carbons (Fsp3) is 0.333. The van der Waals surface area contributed by atoms with Gasteiger partial charge in [-0.2, -0.15) is 0 Å². The van der Waals surface area contributed by atoms with E-state index in [2.05, 4.69) is 5.32 Å². The summed E-state index contributed by atoms with van der Waals surface area (Å²) in [6.07, 6.45) is -0.781. The first-order valence-electron chi connectivity index (χ1n) is 7.52.